The van der Waals surface area contributed by atoms with Crippen LogP contribution in [0.2, 0.25) is 5.02 Å². The zero-order valence-electron chi connectivity index (χ0n) is 13.5. The Labute approximate surface area is 145 Å². The zero-order valence-corrected chi connectivity index (χ0v) is 14.2. The maximum Gasteiger partial charge on any atom is 0.319 e. The molecule has 0 spiro atoms. The Balaban J connectivity index is 1.78. The minimum absolute atomic E-state index is 0.298. The lowest BCUT2D eigenvalue weighted by Crippen LogP contribution is -2.32. The lowest BCUT2D eigenvalue weighted by atomic mass is 10.3. The summed E-state index contributed by atoms with van der Waals surface area (Å²) in [6, 6.07) is 11.9. The van der Waals surface area contributed by atoms with Crippen molar-refractivity contribution in [3.05, 3.63) is 47.5 Å². The molecule has 0 bridgehead atoms. The molecule has 128 valence electrons. The van der Waals surface area contributed by atoms with E-state index in [4.69, 9.17) is 25.8 Å². The number of hydrogen-bond acceptors (Lipinski definition) is 4. The molecule has 0 aliphatic heterocycles. The molecule has 0 radical (unpaired) electrons. The highest BCUT2D eigenvalue weighted by Crippen LogP contribution is 2.27. The molecule has 0 unspecified atom stereocenters. The monoisotopic (exact) mass is 350 g/mol. The Morgan fingerprint density at radius 1 is 1.04 bits per heavy atom. The fourth-order valence-corrected chi connectivity index (χ4v) is 2.11. The first-order valence-electron chi connectivity index (χ1n) is 7.27. The predicted octanol–water partition coefficient (Wildman–Crippen LogP) is 3.56. The summed E-state index contributed by atoms with van der Waals surface area (Å²) < 4.78 is 15.9. The van der Waals surface area contributed by atoms with Crippen LogP contribution < -0.4 is 24.8 Å². The van der Waals surface area contributed by atoms with Crippen LogP contribution >= 0.6 is 11.6 Å². The molecule has 24 heavy (non-hydrogen) atoms. The molecule has 0 fully saturated rings. The van der Waals surface area contributed by atoms with Gasteiger partial charge in [0.1, 0.15) is 23.9 Å². The van der Waals surface area contributed by atoms with Gasteiger partial charge >= 0.3 is 6.03 Å². The van der Waals surface area contributed by atoms with Crippen LogP contribution in [-0.2, 0) is 0 Å². The molecular weight excluding hydrogens is 332 g/mol. The van der Waals surface area contributed by atoms with Gasteiger partial charge in [-0.25, -0.2) is 4.79 Å². The van der Waals surface area contributed by atoms with Crippen molar-refractivity contribution < 1.29 is 19.0 Å². The Morgan fingerprint density at radius 2 is 1.67 bits per heavy atom. The molecule has 2 amide bonds. The van der Waals surface area contributed by atoms with E-state index in [1.54, 1.807) is 56.7 Å². The van der Waals surface area contributed by atoms with Crippen molar-refractivity contribution in [3.8, 4) is 17.2 Å². The van der Waals surface area contributed by atoms with E-state index in [1.165, 1.54) is 0 Å². The summed E-state index contributed by atoms with van der Waals surface area (Å²) in [7, 11) is 3.14. The average molecular weight is 351 g/mol. The first kappa shape index (κ1) is 17.7. The summed E-state index contributed by atoms with van der Waals surface area (Å²) in [6.45, 7) is 0.627. The van der Waals surface area contributed by atoms with Crippen molar-refractivity contribution in [2.75, 3.05) is 32.7 Å². The Bertz CT molecular complexity index is 672. The minimum atomic E-state index is -0.352. The third kappa shape index (κ3) is 5.24. The summed E-state index contributed by atoms with van der Waals surface area (Å²) in [5.74, 6) is 1.86. The number of ether oxygens (including phenoxy) is 3. The highest BCUT2D eigenvalue weighted by atomic mass is 35.5. The maximum atomic E-state index is 11.8. The average Bonchev–Trinajstić information content (AvgIpc) is 2.60. The van der Waals surface area contributed by atoms with Crippen molar-refractivity contribution in [3.63, 3.8) is 0 Å². The summed E-state index contributed by atoms with van der Waals surface area (Å²) in [6.07, 6.45) is 0. The van der Waals surface area contributed by atoms with Gasteiger partial charge in [-0.1, -0.05) is 23.7 Å². The van der Waals surface area contributed by atoms with Crippen LogP contribution in [-0.4, -0.2) is 33.4 Å². The van der Waals surface area contributed by atoms with Gasteiger partial charge in [-0.05, 0) is 12.1 Å². The zero-order chi connectivity index (χ0) is 17.4. The van der Waals surface area contributed by atoms with Gasteiger partial charge in [0.2, 0.25) is 0 Å². The number of carbonyl (C=O) groups excluding carboxylic acids is 1. The molecule has 0 aromatic heterocycles. The number of anilines is 1. The highest BCUT2D eigenvalue weighted by Gasteiger charge is 2.05. The van der Waals surface area contributed by atoms with Crippen LogP contribution in [0.15, 0.2) is 42.5 Å². The Hall–Kier alpha value is -2.60. The molecule has 2 N–H and O–H groups in total. The number of amides is 2. The number of halogens is 1. The lowest BCUT2D eigenvalue weighted by molar-refractivity contribution is 0.247. The topological polar surface area (TPSA) is 68.8 Å². The van der Waals surface area contributed by atoms with Gasteiger partial charge in [0.15, 0.2) is 0 Å². The van der Waals surface area contributed by atoms with Gasteiger partial charge in [-0.2, -0.15) is 0 Å². The normalized spacial score (nSPS) is 9.96. The van der Waals surface area contributed by atoms with E-state index in [0.29, 0.717) is 41.1 Å². The van der Waals surface area contributed by atoms with Gasteiger partial charge < -0.3 is 24.8 Å². The van der Waals surface area contributed by atoms with Crippen molar-refractivity contribution in [1.29, 1.82) is 0 Å². The third-order valence-electron chi connectivity index (χ3n) is 3.10. The van der Waals surface area contributed by atoms with E-state index in [9.17, 15) is 4.79 Å². The fraction of sp³-hybridized carbons (Fsp3) is 0.235. The summed E-state index contributed by atoms with van der Waals surface area (Å²) in [5.41, 5.74) is 0.551. The molecule has 0 atom stereocenters. The molecule has 0 aliphatic carbocycles. The third-order valence-corrected chi connectivity index (χ3v) is 3.43. The van der Waals surface area contributed by atoms with Crippen molar-refractivity contribution in [2.45, 2.75) is 0 Å². The van der Waals surface area contributed by atoms with E-state index in [-0.39, 0.29) is 6.03 Å². The number of methoxy groups -OCH3 is 2. The molecule has 2 aromatic carbocycles. The number of urea groups is 1. The minimum Gasteiger partial charge on any atom is -0.496 e. The SMILES string of the molecule is COc1cc(OC)cc(OCCNC(=O)Nc2ccccc2Cl)c1. The van der Waals surface area contributed by atoms with E-state index < -0.39 is 0 Å². The quantitative estimate of drug-likeness (QED) is 0.749. The first-order chi connectivity index (χ1) is 11.6. The van der Waals surface area contributed by atoms with E-state index in [2.05, 4.69) is 10.6 Å². The number of rotatable bonds is 7. The number of hydrogen-bond donors (Lipinski definition) is 2. The van der Waals surface area contributed by atoms with Gasteiger partial charge in [-0.3, -0.25) is 0 Å². The standard InChI is InChI=1S/C17H19ClN2O4/c1-22-12-9-13(23-2)11-14(10-12)24-8-7-19-17(21)20-16-6-4-3-5-15(16)18/h3-6,9-11H,7-8H2,1-2H3,(H2,19,20,21). The second kappa shape index (κ2) is 8.88. The van der Waals surface area contributed by atoms with E-state index in [0.717, 1.165) is 0 Å². The highest BCUT2D eigenvalue weighted by molar-refractivity contribution is 6.33. The Morgan fingerprint density at radius 3 is 2.29 bits per heavy atom. The molecule has 6 nitrogen and oxygen atoms in total. The van der Waals surface area contributed by atoms with E-state index >= 15 is 0 Å². The number of carbonyl (C=O) groups is 1. The lowest BCUT2D eigenvalue weighted by Gasteiger charge is -2.11. The van der Waals surface area contributed by atoms with E-state index in [1.807, 2.05) is 0 Å². The van der Waals surface area contributed by atoms with Crippen LogP contribution in [0.5, 0.6) is 17.2 Å². The molecule has 0 saturated carbocycles. The largest absolute Gasteiger partial charge is 0.496 e. The van der Waals surface area contributed by atoms with Crippen LogP contribution in [0.25, 0.3) is 0 Å². The summed E-state index contributed by atoms with van der Waals surface area (Å²) >= 11 is 5.98. The van der Waals surface area contributed by atoms with Crippen LogP contribution in [0, 0.1) is 0 Å². The molecule has 0 saturated heterocycles. The van der Waals surface area contributed by atoms with Crippen LogP contribution in [0.4, 0.5) is 10.5 Å². The molecule has 2 rings (SSSR count). The van der Waals surface area contributed by atoms with Gasteiger partial charge in [0.05, 0.1) is 31.5 Å². The van der Waals surface area contributed by atoms with Crippen LogP contribution in [0.1, 0.15) is 0 Å². The Kier molecular flexibility index (Phi) is 6.57. The second-order valence-electron chi connectivity index (χ2n) is 4.76. The van der Waals surface area contributed by atoms with Crippen molar-refractivity contribution in [2.24, 2.45) is 0 Å². The summed E-state index contributed by atoms with van der Waals surface area (Å²) in [5, 5.41) is 5.84. The number of benzene rings is 2. The van der Waals surface area contributed by atoms with Crippen molar-refractivity contribution in [1.82, 2.24) is 5.32 Å². The molecule has 0 aliphatic rings. The molecular formula is C17H19ClN2O4. The molecule has 7 heteroatoms. The molecule has 0 heterocycles. The molecule has 2 aromatic rings. The second-order valence-corrected chi connectivity index (χ2v) is 5.16. The smallest absolute Gasteiger partial charge is 0.319 e. The predicted molar refractivity (Wildman–Crippen MR) is 93.5 cm³/mol. The van der Waals surface area contributed by atoms with Gasteiger partial charge in [0.25, 0.3) is 0 Å². The number of nitrogens with one attached hydrogen (secondary N) is 2. The number of para-hydroxylation sites is 1. The van der Waals surface area contributed by atoms with Crippen molar-refractivity contribution >= 4 is 23.3 Å². The van der Waals surface area contributed by atoms with Gasteiger partial charge in [-0.15, -0.1) is 0 Å². The summed E-state index contributed by atoms with van der Waals surface area (Å²) in [4.78, 5) is 11.8. The van der Waals surface area contributed by atoms with Gasteiger partial charge in [0, 0.05) is 18.2 Å². The maximum absolute atomic E-state index is 11.8. The first-order valence-corrected chi connectivity index (χ1v) is 7.65. The fourth-order valence-electron chi connectivity index (χ4n) is 1.93. The van der Waals surface area contributed by atoms with Crippen LogP contribution in [0.3, 0.4) is 0 Å².